The van der Waals surface area contributed by atoms with E-state index in [1.807, 2.05) is 0 Å². The highest BCUT2D eigenvalue weighted by atomic mass is 16.5. The molecule has 1 rings (SSSR count). The highest BCUT2D eigenvalue weighted by molar-refractivity contribution is 5.80. The van der Waals surface area contributed by atoms with Gasteiger partial charge in [-0.05, 0) is 38.1 Å². The molecule has 0 aromatic carbocycles. The average molecular weight is 228 g/mol. The van der Waals surface area contributed by atoms with Gasteiger partial charge in [-0.15, -0.1) is 0 Å². The number of carbonyl (C=O) groups excluding carboxylic acids is 1. The molecule has 3 N–H and O–H groups in total. The fourth-order valence-corrected chi connectivity index (χ4v) is 1.99. The summed E-state index contributed by atoms with van der Waals surface area (Å²) in [5.41, 5.74) is 5.52. The lowest BCUT2D eigenvalue weighted by atomic mass is 10.0. The van der Waals surface area contributed by atoms with Crippen LogP contribution in [-0.4, -0.2) is 31.7 Å². The van der Waals surface area contributed by atoms with E-state index in [9.17, 15) is 4.79 Å². The van der Waals surface area contributed by atoms with Gasteiger partial charge >= 0.3 is 0 Å². The first-order chi connectivity index (χ1) is 7.77. The monoisotopic (exact) mass is 228 g/mol. The Morgan fingerprint density at radius 2 is 2.38 bits per heavy atom. The summed E-state index contributed by atoms with van der Waals surface area (Å²) in [6, 6.07) is 0. The first kappa shape index (κ1) is 13.5. The van der Waals surface area contributed by atoms with Crippen LogP contribution in [0.25, 0.3) is 0 Å². The van der Waals surface area contributed by atoms with E-state index in [0.29, 0.717) is 12.5 Å². The van der Waals surface area contributed by atoms with Crippen LogP contribution < -0.4 is 11.1 Å². The Kier molecular flexibility index (Phi) is 6.42. The molecule has 0 aliphatic carbocycles. The normalized spacial score (nSPS) is 22.8. The topological polar surface area (TPSA) is 64.3 Å². The van der Waals surface area contributed by atoms with E-state index in [2.05, 4.69) is 12.2 Å². The molecule has 16 heavy (non-hydrogen) atoms. The lowest BCUT2D eigenvalue weighted by Crippen LogP contribution is -2.40. The summed E-state index contributed by atoms with van der Waals surface area (Å²) in [6.45, 7) is 4.27. The SMILES string of the molecule is CCC(CCN)CNC(=O)C1CCCCO1. The third kappa shape index (κ3) is 4.49. The van der Waals surface area contributed by atoms with Gasteiger partial charge in [0.05, 0.1) is 0 Å². The lowest BCUT2D eigenvalue weighted by molar-refractivity contribution is -0.135. The van der Waals surface area contributed by atoms with Gasteiger partial charge in [-0.25, -0.2) is 0 Å². The maximum atomic E-state index is 11.8. The van der Waals surface area contributed by atoms with Gasteiger partial charge in [0.15, 0.2) is 0 Å². The Bertz CT molecular complexity index is 203. The van der Waals surface area contributed by atoms with Crippen molar-refractivity contribution in [1.82, 2.24) is 5.32 Å². The molecule has 1 fully saturated rings. The van der Waals surface area contributed by atoms with Crippen LogP contribution in [0.2, 0.25) is 0 Å². The van der Waals surface area contributed by atoms with Crippen LogP contribution in [0.3, 0.4) is 0 Å². The molecule has 94 valence electrons. The Hall–Kier alpha value is -0.610. The van der Waals surface area contributed by atoms with E-state index >= 15 is 0 Å². The summed E-state index contributed by atoms with van der Waals surface area (Å²) in [6.07, 6.45) is 4.85. The van der Waals surface area contributed by atoms with E-state index < -0.39 is 0 Å². The molecule has 0 spiro atoms. The molecule has 1 saturated heterocycles. The Labute approximate surface area is 97.9 Å². The van der Waals surface area contributed by atoms with Gasteiger partial charge in [0.25, 0.3) is 0 Å². The summed E-state index contributed by atoms with van der Waals surface area (Å²) < 4.78 is 5.43. The number of hydrogen-bond acceptors (Lipinski definition) is 3. The molecule has 0 bridgehead atoms. The van der Waals surface area contributed by atoms with Gasteiger partial charge in [-0.1, -0.05) is 13.3 Å². The Balaban J connectivity index is 2.22. The number of ether oxygens (including phenoxy) is 1. The molecule has 0 radical (unpaired) electrons. The fourth-order valence-electron chi connectivity index (χ4n) is 1.99. The van der Waals surface area contributed by atoms with Crippen molar-refractivity contribution in [3.8, 4) is 0 Å². The Morgan fingerprint density at radius 3 is 2.94 bits per heavy atom. The van der Waals surface area contributed by atoms with Crippen molar-refractivity contribution in [2.75, 3.05) is 19.7 Å². The minimum Gasteiger partial charge on any atom is -0.368 e. The molecular weight excluding hydrogens is 204 g/mol. The maximum Gasteiger partial charge on any atom is 0.249 e. The van der Waals surface area contributed by atoms with Crippen molar-refractivity contribution in [2.45, 2.75) is 45.1 Å². The van der Waals surface area contributed by atoms with Crippen molar-refractivity contribution in [3.05, 3.63) is 0 Å². The van der Waals surface area contributed by atoms with Crippen molar-refractivity contribution >= 4 is 5.91 Å². The zero-order valence-corrected chi connectivity index (χ0v) is 10.2. The quantitative estimate of drug-likeness (QED) is 0.714. The smallest absolute Gasteiger partial charge is 0.249 e. The van der Waals surface area contributed by atoms with Crippen molar-refractivity contribution in [2.24, 2.45) is 11.7 Å². The molecule has 2 atom stereocenters. The molecule has 1 heterocycles. The molecule has 0 saturated carbocycles. The van der Waals surface area contributed by atoms with E-state index in [-0.39, 0.29) is 12.0 Å². The number of nitrogens with one attached hydrogen (secondary N) is 1. The van der Waals surface area contributed by atoms with Gasteiger partial charge in [0.1, 0.15) is 6.10 Å². The minimum absolute atomic E-state index is 0.0511. The van der Waals surface area contributed by atoms with Crippen LogP contribution in [0.4, 0.5) is 0 Å². The van der Waals surface area contributed by atoms with Crippen LogP contribution in [0.1, 0.15) is 39.0 Å². The standard InChI is InChI=1S/C12H24N2O2/c1-2-10(6-7-13)9-14-12(15)11-5-3-4-8-16-11/h10-11H,2-9,13H2,1H3,(H,14,15). The first-order valence-electron chi connectivity index (χ1n) is 6.37. The molecule has 1 amide bonds. The number of rotatable bonds is 6. The third-order valence-corrected chi connectivity index (χ3v) is 3.19. The van der Waals surface area contributed by atoms with Gasteiger partial charge in [0.2, 0.25) is 5.91 Å². The molecule has 0 aromatic rings. The summed E-state index contributed by atoms with van der Waals surface area (Å²) >= 11 is 0. The van der Waals surface area contributed by atoms with Crippen molar-refractivity contribution in [3.63, 3.8) is 0 Å². The molecular formula is C12H24N2O2. The zero-order valence-electron chi connectivity index (χ0n) is 10.2. The summed E-state index contributed by atoms with van der Waals surface area (Å²) in [4.78, 5) is 11.8. The number of carbonyl (C=O) groups is 1. The highest BCUT2D eigenvalue weighted by Gasteiger charge is 2.21. The van der Waals surface area contributed by atoms with Crippen LogP contribution in [0.5, 0.6) is 0 Å². The summed E-state index contributed by atoms with van der Waals surface area (Å²) in [5, 5.41) is 2.97. The largest absolute Gasteiger partial charge is 0.368 e. The number of hydrogen-bond donors (Lipinski definition) is 2. The average Bonchev–Trinajstić information content (AvgIpc) is 2.35. The number of nitrogens with two attached hydrogens (primary N) is 1. The third-order valence-electron chi connectivity index (χ3n) is 3.19. The maximum absolute atomic E-state index is 11.8. The van der Waals surface area contributed by atoms with E-state index in [1.165, 1.54) is 0 Å². The van der Waals surface area contributed by atoms with Crippen molar-refractivity contribution in [1.29, 1.82) is 0 Å². The van der Waals surface area contributed by atoms with Gasteiger partial charge in [-0.3, -0.25) is 4.79 Å². The van der Waals surface area contributed by atoms with E-state index in [4.69, 9.17) is 10.5 Å². The molecule has 4 nitrogen and oxygen atoms in total. The van der Waals surface area contributed by atoms with Crippen LogP contribution >= 0.6 is 0 Å². The van der Waals surface area contributed by atoms with E-state index in [1.54, 1.807) is 0 Å². The van der Waals surface area contributed by atoms with Crippen molar-refractivity contribution < 1.29 is 9.53 Å². The van der Waals surface area contributed by atoms with Crippen LogP contribution in [0.15, 0.2) is 0 Å². The second-order valence-electron chi connectivity index (χ2n) is 4.45. The molecule has 1 aliphatic heterocycles. The second kappa shape index (κ2) is 7.63. The molecule has 1 aliphatic rings. The zero-order chi connectivity index (χ0) is 11.8. The highest BCUT2D eigenvalue weighted by Crippen LogP contribution is 2.13. The predicted molar refractivity (Wildman–Crippen MR) is 64.1 cm³/mol. The molecule has 0 aromatic heterocycles. The van der Waals surface area contributed by atoms with Crippen LogP contribution in [0, 0.1) is 5.92 Å². The Morgan fingerprint density at radius 1 is 1.56 bits per heavy atom. The predicted octanol–water partition coefficient (Wildman–Crippen LogP) is 1.05. The molecule has 4 heteroatoms. The number of amides is 1. The van der Waals surface area contributed by atoms with E-state index in [0.717, 1.165) is 45.3 Å². The van der Waals surface area contributed by atoms with Crippen LogP contribution in [-0.2, 0) is 9.53 Å². The minimum atomic E-state index is -0.218. The lowest BCUT2D eigenvalue weighted by Gasteiger charge is -2.23. The second-order valence-corrected chi connectivity index (χ2v) is 4.45. The van der Waals surface area contributed by atoms with Gasteiger partial charge in [0, 0.05) is 13.2 Å². The first-order valence-corrected chi connectivity index (χ1v) is 6.37. The van der Waals surface area contributed by atoms with Gasteiger partial charge in [-0.2, -0.15) is 0 Å². The summed E-state index contributed by atoms with van der Waals surface area (Å²) in [7, 11) is 0. The fraction of sp³-hybridized carbons (Fsp3) is 0.917. The molecule has 2 unspecified atom stereocenters. The van der Waals surface area contributed by atoms with Gasteiger partial charge < -0.3 is 15.8 Å². The summed E-state index contributed by atoms with van der Waals surface area (Å²) in [5.74, 6) is 0.549.